The molecule has 3 N–H and O–H groups in total. The molecule has 4 aromatic rings. The topological polar surface area (TPSA) is 135 Å². The Kier molecular flexibility index (Phi) is 4.65. The van der Waals surface area contributed by atoms with E-state index in [-0.39, 0.29) is 17.3 Å². The zero-order valence-electron chi connectivity index (χ0n) is 15.5. The Bertz CT molecular complexity index is 1250. The molecule has 2 aromatic heterocycles. The second kappa shape index (κ2) is 7.43. The third-order valence-corrected chi connectivity index (χ3v) is 4.28. The minimum Gasteiger partial charge on any atom is -0.493 e. The van der Waals surface area contributed by atoms with Gasteiger partial charge in [0.25, 0.3) is 5.95 Å². The van der Waals surface area contributed by atoms with Crippen LogP contribution in [0, 0.1) is 0 Å². The molecule has 0 fully saturated rings. The van der Waals surface area contributed by atoms with Gasteiger partial charge in [-0.05, 0) is 18.2 Å². The van der Waals surface area contributed by atoms with Gasteiger partial charge in [-0.15, -0.1) is 10.2 Å². The van der Waals surface area contributed by atoms with Gasteiger partial charge in [0.1, 0.15) is 11.1 Å². The number of carboxylic acid groups (broad SMARTS) is 1. The van der Waals surface area contributed by atoms with Gasteiger partial charge in [-0.25, -0.2) is 10.2 Å². The van der Waals surface area contributed by atoms with Gasteiger partial charge < -0.3 is 19.6 Å². The highest BCUT2D eigenvalue weighted by Crippen LogP contribution is 2.33. The molecular formula is C19H16N6O4. The molecule has 0 radical (unpaired) electrons. The van der Waals surface area contributed by atoms with Crippen LogP contribution in [0.5, 0.6) is 11.5 Å². The number of hydrazone groups is 1. The molecule has 0 spiro atoms. The Morgan fingerprint density at radius 2 is 2.00 bits per heavy atom. The van der Waals surface area contributed by atoms with Crippen LogP contribution in [0.3, 0.4) is 0 Å². The number of H-pyrrole nitrogens is 1. The smallest absolute Gasteiger partial charge is 0.340 e. The minimum atomic E-state index is -1.17. The number of benzene rings is 2. The Balaban J connectivity index is 1.63. The normalized spacial score (nSPS) is 11.2. The maximum atomic E-state index is 11.7. The van der Waals surface area contributed by atoms with Crippen molar-refractivity contribution in [1.82, 2.24) is 20.2 Å². The van der Waals surface area contributed by atoms with Crippen molar-refractivity contribution in [3.05, 3.63) is 47.5 Å². The van der Waals surface area contributed by atoms with Crippen molar-refractivity contribution in [2.24, 2.45) is 5.10 Å². The van der Waals surface area contributed by atoms with Gasteiger partial charge in [-0.1, -0.05) is 18.2 Å². The van der Waals surface area contributed by atoms with Crippen molar-refractivity contribution in [1.29, 1.82) is 0 Å². The van der Waals surface area contributed by atoms with Crippen LogP contribution in [0.4, 0.5) is 5.95 Å². The van der Waals surface area contributed by atoms with E-state index < -0.39 is 5.97 Å². The van der Waals surface area contributed by atoms with Gasteiger partial charge >= 0.3 is 5.97 Å². The first-order chi connectivity index (χ1) is 14.1. The van der Waals surface area contributed by atoms with Gasteiger partial charge in [-0.3, -0.25) is 0 Å². The average molecular weight is 392 g/mol. The van der Waals surface area contributed by atoms with Crippen molar-refractivity contribution >= 4 is 40.2 Å². The highest BCUT2D eigenvalue weighted by Gasteiger charge is 2.20. The fraction of sp³-hybridized carbons (Fsp3) is 0.105. The van der Waals surface area contributed by atoms with Crippen LogP contribution < -0.4 is 14.9 Å². The quantitative estimate of drug-likeness (QED) is 0.337. The SMILES string of the molecule is COc1ccc(/C=N\Nc2nnc3c(n2)[nH]c2ccccc23)c(C(=O)O)c1OC. The number of carbonyl (C=O) groups is 1. The standard InChI is InChI=1S/C19H16N6O4/c1-28-13-8-7-10(14(18(26)27)16(13)29-2)9-20-24-19-22-17-15(23-25-19)11-5-3-4-6-12(11)21-17/h3-9H,1-2H3,(H,26,27)(H2,21,22,24,25)/b20-9-. The molecule has 0 amide bonds. The van der Waals surface area contributed by atoms with Crippen LogP contribution in [0.1, 0.15) is 15.9 Å². The molecule has 29 heavy (non-hydrogen) atoms. The number of anilines is 1. The van der Waals surface area contributed by atoms with Gasteiger partial charge in [-0.2, -0.15) is 10.1 Å². The summed E-state index contributed by atoms with van der Waals surface area (Å²) >= 11 is 0. The molecule has 0 aliphatic rings. The molecule has 0 atom stereocenters. The van der Waals surface area contributed by atoms with E-state index in [0.29, 0.717) is 22.5 Å². The Labute approximate surface area is 164 Å². The molecule has 0 unspecified atom stereocenters. The molecule has 0 aliphatic heterocycles. The van der Waals surface area contributed by atoms with Gasteiger partial charge in [0.05, 0.1) is 20.4 Å². The lowest BCUT2D eigenvalue weighted by atomic mass is 10.1. The summed E-state index contributed by atoms with van der Waals surface area (Å²) in [5, 5.41) is 22.7. The summed E-state index contributed by atoms with van der Waals surface area (Å²) in [5.41, 5.74) is 5.04. The average Bonchev–Trinajstić information content (AvgIpc) is 3.10. The van der Waals surface area contributed by atoms with Crippen molar-refractivity contribution < 1.29 is 19.4 Å². The summed E-state index contributed by atoms with van der Waals surface area (Å²) < 4.78 is 10.3. The first kappa shape index (κ1) is 18.2. The lowest BCUT2D eigenvalue weighted by Crippen LogP contribution is -2.07. The molecule has 146 valence electrons. The first-order valence-electron chi connectivity index (χ1n) is 8.51. The summed E-state index contributed by atoms with van der Waals surface area (Å²) in [7, 11) is 2.81. The number of rotatable bonds is 6. The van der Waals surface area contributed by atoms with Crippen LogP contribution in [-0.2, 0) is 0 Å². The monoisotopic (exact) mass is 392 g/mol. The minimum absolute atomic E-state index is 0.0671. The van der Waals surface area contributed by atoms with E-state index in [1.807, 2.05) is 24.3 Å². The fourth-order valence-corrected chi connectivity index (χ4v) is 3.00. The summed E-state index contributed by atoms with van der Waals surface area (Å²) in [6, 6.07) is 10.8. The number of nitrogens with zero attached hydrogens (tertiary/aromatic N) is 4. The number of hydrogen-bond acceptors (Lipinski definition) is 8. The highest BCUT2D eigenvalue weighted by atomic mass is 16.5. The molecular weight excluding hydrogens is 376 g/mol. The van der Waals surface area contributed by atoms with Crippen LogP contribution >= 0.6 is 0 Å². The maximum absolute atomic E-state index is 11.7. The number of ether oxygens (including phenoxy) is 2. The van der Waals surface area contributed by atoms with Crippen LogP contribution in [-0.4, -0.2) is 51.7 Å². The molecule has 0 saturated heterocycles. The number of methoxy groups -OCH3 is 2. The van der Waals surface area contributed by atoms with E-state index in [1.165, 1.54) is 20.4 Å². The third-order valence-electron chi connectivity index (χ3n) is 4.28. The largest absolute Gasteiger partial charge is 0.493 e. The number of carboxylic acids is 1. The Hall–Kier alpha value is -4.21. The van der Waals surface area contributed by atoms with Gasteiger partial charge in [0.15, 0.2) is 17.1 Å². The Morgan fingerprint density at radius 1 is 1.17 bits per heavy atom. The summed E-state index contributed by atoms with van der Waals surface area (Å²) in [5.74, 6) is -0.578. The Morgan fingerprint density at radius 3 is 2.76 bits per heavy atom. The van der Waals surface area contributed by atoms with E-state index in [2.05, 4.69) is 30.7 Å². The number of aromatic carboxylic acids is 1. The van der Waals surface area contributed by atoms with E-state index in [4.69, 9.17) is 9.47 Å². The zero-order chi connectivity index (χ0) is 20.4. The second-order valence-electron chi connectivity index (χ2n) is 5.94. The molecule has 10 heteroatoms. The molecule has 0 bridgehead atoms. The summed E-state index contributed by atoms with van der Waals surface area (Å²) in [6.45, 7) is 0. The molecule has 2 aromatic carbocycles. The molecule has 0 aliphatic carbocycles. The van der Waals surface area contributed by atoms with Crippen molar-refractivity contribution in [2.75, 3.05) is 19.6 Å². The second-order valence-corrected chi connectivity index (χ2v) is 5.94. The van der Waals surface area contributed by atoms with Crippen molar-refractivity contribution in [3.8, 4) is 11.5 Å². The zero-order valence-corrected chi connectivity index (χ0v) is 15.5. The summed E-state index contributed by atoms with van der Waals surface area (Å²) in [6.07, 6.45) is 1.34. The van der Waals surface area contributed by atoms with Crippen LogP contribution in [0.2, 0.25) is 0 Å². The first-order valence-corrected chi connectivity index (χ1v) is 8.51. The number of hydrogen-bond donors (Lipinski definition) is 3. The highest BCUT2D eigenvalue weighted by molar-refractivity contribution is 6.03. The van der Waals surface area contributed by atoms with Gasteiger partial charge in [0, 0.05) is 16.5 Å². The summed E-state index contributed by atoms with van der Waals surface area (Å²) in [4.78, 5) is 19.2. The van der Waals surface area contributed by atoms with E-state index in [1.54, 1.807) is 12.1 Å². The van der Waals surface area contributed by atoms with Crippen molar-refractivity contribution in [3.63, 3.8) is 0 Å². The lowest BCUT2D eigenvalue weighted by molar-refractivity contribution is 0.0692. The fourth-order valence-electron chi connectivity index (χ4n) is 3.00. The number of fused-ring (bicyclic) bond motifs is 3. The van der Waals surface area contributed by atoms with E-state index in [9.17, 15) is 9.90 Å². The third kappa shape index (κ3) is 3.27. The number of aromatic nitrogens is 4. The van der Waals surface area contributed by atoms with Gasteiger partial charge in [0.2, 0.25) is 0 Å². The van der Waals surface area contributed by atoms with Crippen LogP contribution in [0.25, 0.3) is 22.1 Å². The maximum Gasteiger partial charge on any atom is 0.340 e. The number of aromatic amines is 1. The molecule has 2 heterocycles. The van der Waals surface area contributed by atoms with E-state index >= 15 is 0 Å². The van der Waals surface area contributed by atoms with Crippen LogP contribution in [0.15, 0.2) is 41.5 Å². The van der Waals surface area contributed by atoms with Crippen molar-refractivity contribution in [2.45, 2.75) is 0 Å². The predicted molar refractivity (Wildman–Crippen MR) is 107 cm³/mol. The predicted octanol–water partition coefficient (Wildman–Crippen LogP) is 2.67. The lowest BCUT2D eigenvalue weighted by Gasteiger charge is -2.12. The molecule has 4 rings (SSSR count). The molecule has 0 saturated carbocycles. The molecule has 10 nitrogen and oxygen atoms in total. The number of para-hydroxylation sites is 1. The number of nitrogens with one attached hydrogen (secondary N) is 2. The van der Waals surface area contributed by atoms with E-state index in [0.717, 1.165) is 10.9 Å².